The molecule has 0 aliphatic heterocycles. The Morgan fingerprint density at radius 1 is 0.634 bits per heavy atom. The van der Waals surface area contributed by atoms with Crippen LogP contribution >= 0.6 is 0 Å². The molecule has 1 nitrogen and oxygen atoms in total. The maximum atomic E-state index is 10.1. The number of rotatable bonds is 10. The Bertz CT molecular complexity index is 1250. The van der Waals surface area contributed by atoms with Crippen LogP contribution in [0.15, 0.2) is 130 Å². The fourth-order valence-electron chi connectivity index (χ4n) is 5.96. The molecule has 0 unspecified atom stereocenters. The van der Waals surface area contributed by atoms with Crippen LogP contribution in [0.3, 0.4) is 0 Å². The van der Waals surface area contributed by atoms with Crippen LogP contribution in [-0.2, 0) is 0 Å². The molecule has 0 heterocycles. The standard InChI is InChI=1S/C40H56O/c1-30(18-13-20-32(3)23-25-37-34(5)22-15-27-39(37,7)8)16-11-12-17-31(2)19-14-21-33(4)24-26-38-35(6)28-36(41)29-40(38,9)10/h11-14,16-21,23-26,36,41H,15,22,27-29H2,1-10H3/b12-11+,18-13+,19-14+,25-23+,26-24+,30-16+,31-17+,32-20+,33-21+/t36-/m0/s1. The van der Waals surface area contributed by atoms with Crippen molar-refractivity contribution in [2.45, 2.75) is 107 Å². The average Bonchev–Trinajstić information content (AvgIpc) is 2.84. The minimum atomic E-state index is -0.220. The number of aliphatic hydroxyl groups excluding tert-OH is 1. The van der Waals surface area contributed by atoms with Gasteiger partial charge in [-0.15, -0.1) is 0 Å². The largest absolute Gasteiger partial charge is 0.393 e. The lowest BCUT2D eigenvalue weighted by atomic mass is 9.71. The minimum absolute atomic E-state index is 0.0128. The number of allylic oxidation sites excluding steroid dienone is 21. The summed E-state index contributed by atoms with van der Waals surface area (Å²) in [5, 5.41) is 10.1. The number of aliphatic hydroxyl groups is 1. The zero-order valence-corrected chi connectivity index (χ0v) is 27.6. The van der Waals surface area contributed by atoms with E-state index in [2.05, 4.69) is 154 Å². The molecule has 0 fully saturated rings. The molecule has 0 aromatic heterocycles. The topological polar surface area (TPSA) is 20.2 Å². The Morgan fingerprint density at radius 2 is 1.07 bits per heavy atom. The molecule has 1 heteroatoms. The summed E-state index contributed by atoms with van der Waals surface area (Å²) in [5.41, 5.74) is 10.9. The first-order valence-corrected chi connectivity index (χ1v) is 15.4. The molecule has 0 aromatic rings. The molecule has 0 bridgehead atoms. The summed E-state index contributed by atoms with van der Waals surface area (Å²) in [6.07, 6.45) is 35.5. The highest BCUT2D eigenvalue weighted by atomic mass is 16.3. The first kappa shape index (κ1) is 34.3. The monoisotopic (exact) mass is 552 g/mol. The van der Waals surface area contributed by atoms with Crippen LogP contribution in [0.25, 0.3) is 0 Å². The van der Waals surface area contributed by atoms with Crippen molar-refractivity contribution in [2.75, 3.05) is 0 Å². The second kappa shape index (κ2) is 15.9. The summed E-state index contributed by atoms with van der Waals surface area (Å²) >= 11 is 0. The number of hydrogen-bond donors (Lipinski definition) is 1. The van der Waals surface area contributed by atoms with E-state index in [1.807, 2.05) is 0 Å². The van der Waals surface area contributed by atoms with Crippen molar-refractivity contribution in [1.82, 2.24) is 0 Å². The fourth-order valence-corrected chi connectivity index (χ4v) is 5.96. The van der Waals surface area contributed by atoms with Gasteiger partial charge in [-0.05, 0) is 95.6 Å². The Balaban J connectivity index is 1.90. The molecule has 0 spiro atoms. The van der Waals surface area contributed by atoms with E-state index in [1.54, 1.807) is 5.57 Å². The van der Waals surface area contributed by atoms with Crippen LogP contribution in [0.1, 0.15) is 101 Å². The van der Waals surface area contributed by atoms with E-state index in [0.29, 0.717) is 0 Å². The van der Waals surface area contributed by atoms with Gasteiger partial charge in [-0.3, -0.25) is 0 Å². The highest BCUT2D eigenvalue weighted by Crippen LogP contribution is 2.42. The van der Waals surface area contributed by atoms with E-state index in [4.69, 9.17) is 0 Å². The van der Waals surface area contributed by atoms with Crippen LogP contribution in [0.5, 0.6) is 0 Å². The van der Waals surface area contributed by atoms with Gasteiger partial charge in [0.15, 0.2) is 0 Å². The van der Waals surface area contributed by atoms with Gasteiger partial charge in [-0.2, -0.15) is 0 Å². The third-order valence-corrected chi connectivity index (χ3v) is 8.31. The molecule has 1 N–H and O–H groups in total. The lowest BCUT2D eigenvalue weighted by Crippen LogP contribution is -2.28. The molecule has 2 rings (SSSR count). The molecule has 1 atom stereocenters. The normalized spacial score (nSPS) is 23.5. The van der Waals surface area contributed by atoms with Crippen molar-refractivity contribution in [1.29, 1.82) is 0 Å². The first-order chi connectivity index (χ1) is 19.2. The minimum Gasteiger partial charge on any atom is -0.393 e. The average molecular weight is 553 g/mol. The van der Waals surface area contributed by atoms with Crippen molar-refractivity contribution in [3.05, 3.63) is 130 Å². The van der Waals surface area contributed by atoms with Gasteiger partial charge < -0.3 is 5.11 Å². The summed E-state index contributed by atoms with van der Waals surface area (Å²) in [6, 6.07) is 0. The van der Waals surface area contributed by atoms with Gasteiger partial charge in [0.05, 0.1) is 6.10 Å². The molecular weight excluding hydrogens is 496 g/mol. The molecule has 0 amide bonds. The van der Waals surface area contributed by atoms with Gasteiger partial charge in [0.1, 0.15) is 0 Å². The molecule has 41 heavy (non-hydrogen) atoms. The Morgan fingerprint density at radius 3 is 1.54 bits per heavy atom. The van der Waals surface area contributed by atoms with Crippen LogP contribution in [-0.4, -0.2) is 11.2 Å². The third kappa shape index (κ3) is 11.9. The Hall–Kier alpha value is -2.90. The van der Waals surface area contributed by atoms with Crippen molar-refractivity contribution >= 4 is 0 Å². The SMILES string of the molecule is CC1=C(/C=C/C(C)=C/C=C/C(C)=C/C=C/C=C(C)/C=C/C=C(C)/C=C/C2=C(C)C[C@H](O)CC2(C)C)C(C)(C)CCC1. The maximum Gasteiger partial charge on any atom is 0.0585 e. The Labute approximate surface area is 252 Å². The van der Waals surface area contributed by atoms with Gasteiger partial charge in [-0.25, -0.2) is 0 Å². The molecule has 222 valence electrons. The summed E-state index contributed by atoms with van der Waals surface area (Å²) in [5.74, 6) is 0. The van der Waals surface area contributed by atoms with E-state index in [1.165, 1.54) is 58.3 Å². The van der Waals surface area contributed by atoms with E-state index < -0.39 is 0 Å². The first-order valence-electron chi connectivity index (χ1n) is 15.4. The van der Waals surface area contributed by atoms with Gasteiger partial charge in [0, 0.05) is 0 Å². The predicted molar refractivity (Wildman–Crippen MR) is 183 cm³/mol. The van der Waals surface area contributed by atoms with Gasteiger partial charge in [0.2, 0.25) is 0 Å². The van der Waals surface area contributed by atoms with Crippen molar-refractivity contribution in [3.8, 4) is 0 Å². The highest BCUT2D eigenvalue weighted by Gasteiger charge is 2.31. The molecule has 0 aromatic carbocycles. The summed E-state index contributed by atoms with van der Waals surface area (Å²) in [7, 11) is 0. The second-order valence-corrected chi connectivity index (χ2v) is 13.5. The molecule has 0 saturated heterocycles. The van der Waals surface area contributed by atoms with E-state index in [0.717, 1.165) is 12.8 Å². The fraction of sp³-hybridized carbons (Fsp3) is 0.450. The van der Waals surface area contributed by atoms with Crippen LogP contribution in [0.4, 0.5) is 0 Å². The van der Waals surface area contributed by atoms with Gasteiger partial charge >= 0.3 is 0 Å². The summed E-state index contributed by atoms with van der Waals surface area (Å²) < 4.78 is 0. The quantitative estimate of drug-likeness (QED) is 0.267. The van der Waals surface area contributed by atoms with E-state index in [9.17, 15) is 5.11 Å². The molecule has 2 aliphatic rings. The smallest absolute Gasteiger partial charge is 0.0585 e. The molecule has 2 aliphatic carbocycles. The number of hydrogen-bond acceptors (Lipinski definition) is 1. The summed E-state index contributed by atoms with van der Waals surface area (Å²) in [6.45, 7) is 22.2. The maximum absolute atomic E-state index is 10.1. The van der Waals surface area contributed by atoms with Gasteiger partial charge in [0.25, 0.3) is 0 Å². The van der Waals surface area contributed by atoms with E-state index >= 15 is 0 Å². The molecular formula is C40H56O. The van der Waals surface area contributed by atoms with Gasteiger partial charge in [-0.1, -0.05) is 146 Å². The highest BCUT2D eigenvalue weighted by molar-refractivity contribution is 5.39. The van der Waals surface area contributed by atoms with Crippen LogP contribution < -0.4 is 0 Å². The summed E-state index contributed by atoms with van der Waals surface area (Å²) in [4.78, 5) is 0. The van der Waals surface area contributed by atoms with Crippen LogP contribution in [0, 0.1) is 10.8 Å². The zero-order chi connectivity index (χ0) is 30.6. The van der Waals surface area contributed by atoms with E-state index in [-0.39, 0.29) is 16.9 Å². The second-order valence-electron chi connectivity index (χ2n) is 13.5. The third-order valence-electron chi connectivity index (χ3n) is 8.31. The Kier molecular flexibility index (Phi) is 13.3. The van der Waals surface area contributed by atoms with Crippen molar-refractivity contribution < 1.29 is 5.11 Å². The lowest BCUT2D eigenvalue weighted by Gasteiger charge is -2.35. The lowest BCUT2D eigenvalue weighted by molar-refractivity contribution is 0.116. The van der Waals surface area contributed by atoms with Crippen molar-refractivity contribution in [2.24, 2.45) is 10.8 Å². The van der Waals surface area contributed by atoms with Crippen molar-refractivity contribution in [3.63, 3.8) is 0 Å². The van der Waals surface area contributed by atoms with Crippen LogP contribution in [0.2, 0.25) is 0 Å². The zero-order valence-electron chi connectivity index (χ0n) is 27.6. The molecule has 0 radical (unpaired) electrons. The molecule has 0 saturated carbocycles. The predicted octanol–water partition coefficient (Wildman–Crippen LogP) is 11.6.